The van der Waals surface area contributed by atoms with Crippen LogP contribution < -0.4 is 5.32 Å². The monoisotopic (exact) mass is 258 g/mol. The van der Waals surface area contributed by atoms with Crippen molar-refractivity contribution in [2.45, 2.75) is 39.3 Å². The van der Waals surface area contributed by atoms with Crippen molar-refractivity contribution in [2.75, 3.05) is 6.54 Å². The predicted octanol–water partition coefficient (Wildman–Crippen LogP) is 2.22. The Morgan fingerprint density at radius 2 is 2.18 bits per heavy atom. The Hall–Kier alpha value is -1.00. The van der Waals surface area contributed by atoms with Crippen LogP contribution >= 0.6 is 11.6 Å². The second-order valence-corrected chi connectivity index (χ2v) is 4.87. The van der Waals surface area contributed by atoms with E-state index in [0.717, 1.165) is 0 Å². The van der Waals surface area contributed by atoms with Gasteiger partial charge in [0.25, 0.3) is 5.91 Å². The summed E-state index contributed by atoms with van der Waals surface area (Å²) in [6, 6.07) is 1.83. The highest BCUT2D eigenvalue weighted by molar-refractivity contribution is 6.31. The van der Waals surface area contributed by atoms with E-state index in [0.29, 0.717) is 23.7 Å². The summed E-state index contributed by atoms with van der Waals surface area (Å²) in [6.07, 6.45) is 1.88. The highest BCUT2D eigenvalue weighted by Crippen LogP contribution is 2.18. The molecule has 1 rings (SSSR count). The minimum absolute atomic E-state index is 0.161. The molecule has 0 aliphatic heterocycles. The van der Waals surface area contributed by atoms with E-state index in [1.807, 2.05) is 18.4 Å². The molecule has 1 atom stereocenters. The fraction of sp³-hybridized carbons (Fsp3) is 0.583. The molecular formula is C12H19ClN2O2. The van der Waals surface area contributed by atoms with Gasteiger partial charge in [-0.1, -0.05) is 11.6 Å². The number of nitrogens with one attached hydrogen (secondary N) is 1. The molecule has 0 saturated heterocycles. The summed E-state index contributed by atoms with van der Waals surface area (Å²) in [5.41, 5.74) is 0.551. The number of carbonyl (C=O) groups is 1. The lowest BCUT2D eigenvalue weighted by molar-refractivity contribution is 0.0935. The van der Waals surface area contributed by atoms with Crippen LogP contribution in [-0.2, 0) is 0 Å². The molecule has 1 heterocycles. The smallest absolute Gasteiger partial charge is 0.267 e. The van der Waals surface area contributed by atoms with Crippen LogP contribution in [0.15, 0.2) is 12.3 Å². The number of aliphatic hydroxyl groups excluding tert-OH is 1. The van der Waals surface area contributed by atoms with Gasteiger partial charge in [-0.25, -0.2) is 0 Å². The summed E-state index contributed by atoms with van der Waals surface area (Å²) in [5, 5.41) is 12.4. The van der Waals surface area contributed by atoms with Gasteiger partial charge in [-0.05, 0) is 33.3 Å². The maximum atomic E-state index is 11.9. The molecule has 0 spiro atoms. The predicted molar refractivity (Wildman–Crippen MR) is 68.5 cm³/mol. The molecule has 1 aromatic heterocycles. The van der Waals surface area contributed by atoms with Crippen LogP contribution in [0.25, 0.3) is 0 Å². The van der Waals surface area contributed by atoms with Crippen LogP contribution in [-0.4, -0.2) is 28.2 Å². The minimum Gasteiger partial charge on any atom is -0.393 e. The lowest BCUT2D eigenvalue weighted by Gasteiger charge is -2.13. The summed E-state index contributed by atoms with van der Waals surface area (Å²) >= 11 is 5.90. The zero-order valence-corrected chi connectivity index (χ0v) is 11.2. The average molecular weight is 259 g/mol. The fourth-order valence-corrected chi connectivity index (χ4v) is 1.75. The number of amides is 1. The molecule has 0 radical (unpaired) electrons. The van der Waals surface area contributed by atoms with Gasteiger partial charge < -0.3 is 15.0 Å². The molecule has 5 heteroatoms. The minimum atomic E-state index is -0.407. The molecule has 2 N–H and O–H groups in total. The Balaban J connectivity index is 2.68. The van der Waals surface area contributed by atoms with Crippen molar-refractivity contribution in [3.8, 4) is 0 Å². The lowest BCUT2D eigenvalue weighted by Crippen LogP contribution is -2.28. The van der Waals surface area contributed by atoms with Crippen molar-refractivity contribution < 1.29 is 9.90 Å². The molecule has 0 aromatic carbocycles. The van der Waals surface area contributed by atoms with Crippen LogP contribution in [0, 0.1) is 0 Å². The van der Waals surface area contributed by atoms with Crippen molar-refractivity contribution in [3.05, 3.63) is 23.0 Å². The summed E-state index contributed by atoms with van der Waals surface area (Å²) in [5.74, 6) is -0.161. The van der Waals surface area contributed by atoms with E-state index >= 15 is 0 Å². The normalized spacial score (nSPS) is 12.8. The number of aliphatic hydroxyl groups is 1. The number of hydrogen-bond donors (Lipinski definition) is 2. The van der Waals surface area contributed by atoms with Crippen molar-refractivity contribution in [1.29, 1.82) is 0 Å². The van der Waals surface area contributed by atoms with Crippen LogP contribution in [0.4, 0.5) is 0 Å². The van der Waals surface area contributed by atoms with Crippen molar-refractivity contribution >= 4 is 17.5 Å². The molecule has 4 nitrogen and oxygen atoms in total. The topological polar surface area (TPSA) is 54.3 Å². The van der Waals surface area contributed by atoms with Gasteiger partial charge in [0, 0.05) is 18.8 Å². The van der Waals surface area contributed by atoms with Crippen LogP contribution in [0.1, 0.15) is 43.7 Å². The van der Waals surface area contributed by atoms with E-state index in [1.54, 1.807) is 19.2 Å². The second kappa shape index (κ2) is 6.07. The molecule has 17 heavy (non-hydrogen) atoms. The SMILES string of the molecule is CC(O)CCNC(=O)c1cc(Cl)cn1C(C)C. The maximum absolute atomic E-state index is 11.9. The first-order chi connectivity index (χ1) is 7.91. The zero-order valence-electron chi connectivity index (χ0n) is 10.4. The lowest BCUT2D eigenvalue weighted by atomic mass is 10.3. The van der Waals surface area contributed by atoms with Crippen LogP contribution in [0.5, 0.6) is 0 Å². The third kappa shape index (κ3) is 4.06. The Bertz CT molecular complexity index is 386. The third-order valence-electron chi connectivity index (χ3n) is 2.45. The summed E-state index contributed by atoms with van der Waals surface area (Å²) in [6.45, 7) is 6.13. The highest BCUT2D eigenvalue weighted by atomic mass is 35.5. The first-order valence-corrected chi connectivity index (χ1v) is 6.13. The molecule has 0 saturated carbocycles. The summed E-state index contributed by atoms with van der Waals surface area (Å²) in [4.78, 5) is 11.9. The van der Waals surface area contributed by atoms with Gasteiger partial charge in [0.15, 0.2) is 0 Å². The van der Waals surface area contributed by atoms with Crippen LogP contribution in [0.3, 0.4) is 0 Å². The first kappa shape index (κ1) is 14.1. The Kier molecular flexibility index (Phi) is 5.02. The van der Waals surface area contributed by atoms with Gasteiger partial charge in [-0.2, -0.15) is 0 Å². The second-order valence-electron chi connectivity index (χ2n) is 4.44. The van der Waals surface area contributed by atoms with Gasteiger partial charge >= 0.3 is 0 Å². The van der Waals surface area contributed by atoms with E-state index < -0.39 is 6.10 Å². The number of aromatic nitrogens is 1. The Morgan fingerprint density at radius 1 is 1.53 bits per heavy atom. The van der Waals surface area contributed by atoms with Gasteiger partial charge in [-0.3, -0.25) is 4.79 Å². The van der Waals surface area contributed by atoms with Gasteiger partial charge in [0.2, 0.25) is 0 Å². The van der Waals surface area contributed by atoms with Gasteiger partial charge in [-0.15, -0.1) is 0 Å². The third-order valence-corrected chi connectivity index (χ3v) is 2.66. The number of carbonyl (C=O) groups excluding carboxylic acids is 1. The zero-order chi connectivity index (χ0) is 13.0. The fourth-order valence-electron chi connectivity index (χ4n) is 1.54. The van der Waals surface area contributed by atoms with E-state index in [2.05, 4.69) is 5.32 Å². The molecule has 0 aliphatic carbocycles. The molecule has 0 bridgehead atoms. The van der Waals surface area contributed by atoms with E-state index in [1.165, 1.54) is 0 Å². The number of nitrogens with zero attached hydrogens (tertiary/aromatic N) is 1. The molecule has 96 valence electrons. The summed E-state index contributed by atoms with van der Waals surface area (Å²) < 4.78 is 1.83. The molecule has 1 amide bonds. The number of rotatable bonds is 5. The van der Waals surface area contributed by atoms with E-state index in [-0.39, 0.29) is 11.9 Å². The quantitative estimate of drug-likeness (QED) is 0.851. The number of halogens is 1. The van der Waals surface area contributed by atoms with Crippen LogP contribution in [0.2, 0.25) is 5.02 Å². The van der Waals surface area contributed by atoms with E-state index in [4.69, 9.17) is 16.7 Å². The highest BCUT2D eigenvalue weighted by Gasteiger charge is 2.14. The van der Waals surface area contributed by atoms with Gasteiger partial charge in [0.05, 0.1) is 11.1 Å². The van der Waals surface area contributed by atoms with E-state index in [9.17, 15) is 4.79 Å². The number of hydrogen-bond acceptors (Lipinski definition) is 2. The Labute approximate surface area is 107 Å². The summed E-state index contributed by atoms with van der Waals surface area (Å²) in [7, 11) is 0. The molecule has 1 aromatic rings. The van der Waals surface area contributed by atoms with Gasteiger partial charge in [0.1, 0.15) is 5.69 Å². The molecular weight excluding hydrogens is 240 g/mol. The van der Waals surface area contributed by atoms with Crippen molar-refractivity contribution in [1.82, 2.24) is 9.88 Å². The largest absolute Gasteiger partial charge is 0.393 e. The average Bonchev–Trinajstić information content (AvgIpc) is 2.59. The van der Waals surface area contributed by atoms with Crippen molar-refractivity contribution in [3.63, 3.8) is 0 Å². The Morgan fingerprint density at radius 3 is 2.71 bits per heavy atom. The standard InChI is InChI=1S/C12H19ClN2O2/c1-8(2)15-7-10(13)6-11(15)12(17)14-5-4-9(3)16/h6-9,16H,4-5H2,1-3H3,(H,14,17). The first-order valence-electron chi connectivity index (χ1n) is 5.75. The van der Waals surface area contributed by atoms with Crippen molar-refractivity contribution in [2.24, 2.45) is 0 Å². The molecule has 1 unspecified atom stereocenters. The maximum Gasteiger partial charge on any atom is 0.267 e. The molecule has 0 aliphatic rings. The molecule has 0 fully saturated rings.